The van der Waals surface area contributed by atoms with Gasteiger partial charge >= 0.3 is 0 Å². The number of nitrogens with zero attached hydrogens (tertiary/aromatic N) is 1. The third-order valence-corrected chi connectivity index (χ3v) is 2.70. The van der Waals surface area contributed by atoms with Crippen LogP contribution in [-0.2, 0) is 0 Å². The number of pyridine rings is 1. The number of nitrogens with one attached hydrogen (secondary N) is 1. The summed E-state index contributed by atoms with van der Waals surface area (Å²) in [4.78, 5) is 4.24. The fourth-order valence-electron chi connectivity index (χ4n) is 1.69. The minimum absolute atomic E-state index is 0.0392. The van der Waals surface area contributed by atoms with Crippen LogP contribution in [0.5, 0.6) is 0 Å². The summed E-state index contributed by atoms with van der Waals surface area (Å²) in [5.41, 5.74) is 8.06. The van der Waals surface area contributed by atoms with Gasteiger partial charge in [0.2, 0.25) is 0 Å². The Kier molecular flexibility index (Phi) is 2.90. The molecule has 0 saturated carbocycles. The van der Waals surface area contributed by atoms with Gasteiger partial charge in [-0.25, -0.2) is 0 Å². The van der Waals surface area contributed by atoms with Crippen molar-refractivity contribution in [3.05, 3.63) is 30.5 Å². The van der Waals surface area contributed by atoms with Gasteiger partial charge in [0.1, 0.15) is 0 Å². The highest BCUT2D eigenvalue weighted by Crippen LogP contribution is 2.29. The number of hydrogen-bond acceptors (Lipinski definition) is 4. The number of fused-ring (bicyclic) bond motifs is 1. The molecule has 0 amide bonds. The molecule has 17 heavy (non-hydrogen) atoms. The molecular weight excluding hydrogens is 214 g/mol. The maximum Gasteiger partial charge on any atom is 0.0724 e. The summed E-state index contributed by atoms with van der Waals surface area (Å²) in [5.74, 6) is 0. The van der Waals surface area contributed by atoms with Crippen molar-refractivity contribution >= 4 is 22.3 Å². The van der Waals surface area contributed by atoms with Gasteiger partial charge in [0.25, 0.3) is 0 Å². The molecule has 0 aliphatic heterocycles. The van der Waals surface area contributed by atoms with Crippen molar-refractivity contribution in [1.29, 1.82) is 0 Å². The molecule has 1 aromatic carbocycles. The second-order valence-electron chi connectivity index (χ2n) is 4.76. The van der Waals surface area contributed by atoms with Gasteiger partial charge < -0.3 is 16.2 Å². The van der Waals surface area contributed by atoms with Crippen molar-refractivity contribution in [1.82, 2.24) is 4.98 Å². The highest BCUT2D eigenvalue weighted by molar-refractivity contribution is 5.96. The molecule has 4 heteroatoms. The molecule has 0 spiro atoms. The lowest BCUT2D eigenvalue weighted by atomic mass is 10.1. The molecule has 2 rings (SSSR count). The van der Waals surface area contributed by atoms with E-state index < -0.39 is 5.54 Å². The standard InChI is InChI=1S/C13H17N3O/c1-13(2,8-17)16-11-6-5-10-9(12(11)14)4-3-7-15-10/h3-7,16-17H,8,14H2,1-2H3. The fourth-order valence-corrected chi connectivity index (χ4v) is 1.69. The number of anilines is 2. The predicted octanol–water partition coefficient (Wildman–Crippen LogP) is 2.00. The third-order valence-electron chi connectivity index (χ3n) is 2.70. The van der Waals surface area contributed by atoms with Crippen LogP contribution in [0.3, 0.4) is 0 Å². The Hall–Kier alpha value is -1.81. The largest absolute Gasteiger partial charge is 0.397 e. The van der Waals surface area contributed by atoms with Crippen molar-refractivity contribution in [2.75, 3.05) is 17.7 Å². The van der Waals surface area contributed by atoms with E-state index in [1.807, 2.05) is 38.1 Å². The molecule has 1 heterocycles. The summed E-state index contributed by atoms with van der Waals surface area (Å²) >= 11 is 0. The molecule has 0 radical (unpaired) electrons. The summed E-state index contributed by atoms with van der Waals surface area (Å²) in [6.45, 7) is 3.87. The molecule has 0 unspecified atom stereocenters. The van der Waals surface area contributed by atoms with Crippen LogP contribution >= 0.6 is 0 Å². The monoisotopic (exact) mass is 231 g/mol. The maximum atomic E-state index is 9.24. The van der Waals surface area contributed by atoms with Crippen molar-refractivity contribution in [3.63, 3.8) is 0 Å². The molecule has 1 aromatic heterocycles. The number of hydrogen-bond donors (Lipinski definition) is 3. The van der Waals surface area contributed by atoms with Gasteiger partial charge in [0.05, 0.1) is 29.0 Å². The molecule has 0 saturated heterocycles. The molecule has 4 N–H and O–H groups in total. The average molecular weight is 231 g/mol. The van der Waals surface area contributed by atoms with Crippen molar-refractivity contribution in [3.8, 4) is 0 Å². The molecule has 0 bridgehead atoms. The number of benzene rings is 1. The minimum atomic E-state index is -0.399. The summed E-state index contributed by atoms with van der Waals surface area (Å²) in [7, 11) is 0. The Morgan fingerprint density at radius 3 is 2.82 bits per heavy atom. The van der Waals surface area contributed by atoms with Crippen LogP contribution in [0.2, 0.25) is 0 Å². The Bertz CT molecular complexity index is 537. The lowest BCUT2D eigenvalue weighted by Gasteiger charge is -2.26. The number of nitrogen functional groups attached to an aromatic ring is 1. The highest BCUT2D eigenvalue weighted by atomic mass is 16.3. The van der Waals surface area contributed by atoms with E-state index in [0.717, 1.165) is 16.6 Å². The number of aliphatic hydroxyl groups excluding tert-OH is 1. The van der Waals surface area contributed by atoms with Gasteiger partial charge in [-0.3, -0.25) is 4.98 Å². The summed E-state index contributed by atoms with van der Waals surface area (Å²) < 4.78 is 0. The molecule has 90 valence electrons. The zero-order chi connectivity index (χ0) is 12.5. The zero-order valence-corrected chi connectivity index (χ0v) is 10.1. The van der Waals surface area contributed by atoms with Crippen LogP contribution in [0.15, 0.2) is 30.5 Å². The smallest absolute Gasteiger partial charge is 0.0724 e. The lowest BCUT2D eigenvalue weighted by Crippen LogP contribution is -2.35. The Morgan fingerprint density at radius 2 is 2.12 bits per heavy atom. The van der Waals surface area contributed by atoms with Crippen LogP contribution in [0.25, 0.3) is 10.9 Å². The number of aromatic nitrogens is 1. The molecule has 0 atom stereocenters. The SMILES string of the molecule is CC(C)(CO)Nc1ccc2ncccc2c1N. The van der Waals surface area contributed by atoms with E-state index in [4.69, 9.17) is 5.73 Å². The Morgan fingerprint density at radius 1 is 1.35 bits per heavy atom. The molecule has 0 aliphatic carbocycles. The Labute approximate surface area is 100 Å². The second-order valence-corrected chi connectivity index (χ2v) is 4.76. The molecule has 2 aromatic rings. The van der Waals surface area contributed by atoms with Gasteiger partial charge in [-0.15, -0.1) is 0 Å². The van der Waals surface area contributed by atoms with E-state index in [1.54, 1.807) is 6.20 Å². The molecule has 0 fully saturated rings. The topological polar surface area (TPSA) is 71.2 Å². The zero-order valence-electron chi connectivity index (χ0n) is 10.1. The highest BCUT2D eigenvalue weighted by Gasteiger charge is 2.17. The number of nitrogens with two attached hydrogens (primary N) is 1. The third kappa shape index (κ3) is 2.31. The first-order valence-corrected chi connectivity index (χ1v) is 5.56. The van der Waals surface area contributed by atoms with E-state index in [0.29, 0.717) is 5.69 Å². The van der Waals surface area contributed by atoms with E-state index in [1.165, 1.54) is 0 Å². The van der Waals surface area contributed by atoms with Gasteiger partial charge in [0, 0.05) is 11.6 Å². The van der Waals surface area contributed by atoms with Gasteiger partial charge in [0.15, 0.2) is 0 Å². The summed E-state index contributed by atoms with van der Waals surface area (Å²) in [6.07, 6.45) is 1.74. The summed E-state index contributed by atoms with van der Waals surface area (Å²) in [6, 6.07) is 7.61. The quantitative estimate of drug-likeness (QED) is 0.706. The first kappa shape index (κ1) is 11.7. The van der Waals surface area contributed by atoms with E-state index in [9.17, 15) is 5.11 Å². The van der Waals surface area contributed by atoms with Crippen molar-refractivity contribution in [2.24, 2.45) is 0 Å². The van der Waals surface area contributed by atoms with Crippen LogP contribution in [-0.4, -0.2) is 22.2 Å². The average Bonchev–Trinajstić information content (AvgIpc) is 2.33. The van der Waals surface area contributed by atoms with E-state index in [-0.39, 0.29) is 6.61 Å². The molecule has 4 nitrogen and oxygen atoms in total. The first-order valence-electron chi connectivity index (χ1n) is 5.56. The first-order chi connectivity index (χ1) is 8.03. The van der Waals surface area contributed by atoms with Crippen LogP contribution < -0.4 is 11.1 Å². The normalized spacial score (nSPS) is 11.7. The maximum absolute atomic E-state index is 9.24. The van der Waals surface area contributed by atoms with Crippen LogP contribution in [0, 0.1) is 0 Å². The van der Waals surface area contributed by atoms with Gasteiger partial charge in [-0.1, -0.05) is 0 Å². The number of aliphatic hydroxyl groups is 1. The summed E-state index contributed by atoms with van der Waals surface area (Å²) in [5, 5.41) is 13.4. The lowest BCUT2D eigenvalue weighted by molar-refractivity contribution is 0.234. The predicted molar refractivity (Wildman–Crippen MR) is 70.9 cm³/mol. The van der Waals surface area contributed by atoms with Gasteiger partial charge in [-0.05, 0) is 38.1 Å². The van der Waals surface area contributed by atoms with Crippen LogP contribution in [0.4, 0.5) is 11.4 Å². The minimum Gasteiger partial charge on any atom is -0.397 e. The van der Waals surface area contributed by atoms with E-state index in [2.05, 4.69) is 10.3 Å². The van der Waals surface area contributed by atoms with E-state index >= 15 is 0 Å². The second kappa shape index (κ2) is 4.22. The van der Waals surface area contributed by atoms with Crippen molar-refractivity contribution in [2.45, 2.75) is 19.4 Å². The molecule has 0 aliphatic rings. The fraction of sp³-hybridized carbons (Fsp3) is 0.308. The van der Waals surface area contributed by atoms with Crippen molar-refractivity contribution < 1.29 is 5.11 Å². The van der Waals surface area contributed by atoms with Crippen LogP contribution in [0.1, 0.15) is 13.8 Å². The van der Waals surface area contributed by atoms with Gasteiger partial charge in [-0.2, -0.15) is 0 Å². The Balaban J connectivity index is 2.46. The molecular formula is C13H17N3O. The number of rotatable bonds is 3.